The summed E-state index contributed by atoms with van der Waals surface area (Å²) in [5.41, 5.74) is 0.572. The highest BCUT2D eigenvalue weighted by Crippen LogP contribution is 2.22. The molecule has 0 aliphatic rings. The first kappa shape index (κ1) is 16.3. The molecule has 0 bridgehead atoms. The van der Waals surface area contributed by atoms with Crippen LogP contribution < -0.4 is 5.32 Å². The molecule has 0 spiro atoms. The van der Waals surface area contributed by atoms with E-state index >= 15 is 0 Å². The third-order valence-corrected chi connectivity index (χ3v) is 3.69. The molecule has 0 unspecified atom stereocenters. The third kappa shape index (κ3) is 3.23. The van der Waals surface area contributed by atoms with E-state index in [0.717, 1.165) is 17.5 Å². The maximum Gasteiger partial charge on any atom is 0.306 e. The van der Waals surface area contributed by atoms with Crippen LogP contribution in [-0.2, 0) is 11.3 Å². The van der Waals surface area contributed by atoms with Crippen molar-refractivity contribution in [2.75, 3.05) is 5.32 Å². The second-order valence-electron chi connectivity index (χ2n) is 5.32. The Bertz CT molecular complexity index is 997. The molecule has 25 heavy (non-hydrogen) atoms. The van der Waals surface area contributed by atoms with Gasteiger partial charge >= 0.3 is 5.69 Å². The van der Waals surface area contributed by atoms with Crippen LogP contribution in [0, 0.1) is 15.9 Å². The van der Waals surface area contributed by atoms with Crippen LogP contribution in [0.4, 0.5) is 15.8 Å². The number of nitro groups is 1. The minimum absolute atomic E-state index is 0.0977. The number of nitro benzene ring substituents is 1. The summed E-state index contributed by atoms with van der Waals surface area (Å²) in [4.78, 5) is 33.2. The zero-order valence-electron chi connectivity index (χ0n) is 12.8. The number of rotatable bonds is 5. The van der Waals surface area contributed by atoms with Crippen LogP contribution in [0.15, 0.2) is 48.7 Å². The van der Waals surface area contributed by atoms with Gasteiger partial charge in [0.15, 0.2) is 6.29 Å². The van der Waals surface area contributed by atoms with Gasteiger partial charge in [0.05, 0.1) is 4.92 Å². The lowest BCUT2D eigenvalue weighted by Crippen LogP contribution is -2.18. The lowest BCUT2D eigenvalue weighted by atomic mass is 10.2. The number of hydrogen-bond acceptors (Lipinski definition) is 4. The van der Waals surface area contributed by atoms with Gasteiger partial charge in [-0.2, -0.15) is 4.39 Å². The SMILES string of the molecule is O=Cc1cn(CC(=O)Nc2ccc(F)c([N+](=O)[O-])c2)c2ccccc12. The highest BCUT2D eigenvalue weighted by molar-refractivity contribution is 5.99. The average Bonchev–Trinajstić information content (AvgIpc) is 2.94. The smallest absolute Gasteiger partial charge is 0.306 e. The summed E-state index contributed by atoms with van der Waals surface area (Å²) in [6, 6.07) is 10.2. The van der Waals surface area contributed by atoms with Gasteiger partial charge < -0.3 is 9.88 Å². The average molecular weight is 341 g/mol. The first-order valence-corrected chi connectivity index (χ1v) is 7.26. The zero-order valence-corrected chi connectivity index (χ0v) is 12.8. The van der Waals surface area contributed by atoms with Crippen molar-refractivity contribution in [3.05, 3.63) is 70.2 Å². The van der Waals surface area contributed by atoms with Crippen molar-refractivity contribution in [1.82, 2.24) is 4.57 Å². The van der Waals surface area contributed by atoms with E-state index in [-0.39, 0.29) is 12.2 Å². The Labute approximate surface area is 140 Å². The molecule has 3 rings (SSSR count). The van der Waals surface area contributed by atoms with Crippen molar-refractivity contribution in [1.29, 1.82) is 0 Å². The molecule has 126 valence electrons. The standard InChI is InChI=1S/C17H12FN3O4/c18-14-6-5-12(7-16(14)21(24)25)19-17(23)9-20-8-11(10-22)13-3-1-2-4-15(13)20/h1-8,10H,9H2,(H,19,23). The van der Waals surface area contributed by atoms with Crippen molar-refractivity contribution < 1.29 is 18.9 Å². The van der Waals surface area contributed by atoms with Crippen LogP contribution >= 0.6 is 0 Å². The number of nitrogens with one attached hydrogen (secondary N) is 1. The van der Waals surface area contributed by atoms with Gasteiger partial charge in [0.1, 0.15) is 6.54 Å². The molecular weight excluding hydrogens is 329 g/mol. The Balaban J connectivity index is 1.83. The summed E-state index contributed by atoms with van der Waals surface area (Å²) in [7, 11) is 0. The number of benzene rings is 2. The molecule has 0 aliphatic heterocycles. The summed E-state index contributed by atoms with van der Waals surface area (Å²) in [6.07, 6.45) is 2.27. The van der Waals surface area contributed by atoms with Gasteiger partial charge in [-0.05, 0) is 18.2 Å². The van der Waals surface area contributed by atoms with Crippen LogP contribution in [0.2, 0.25) is 0 Å². The minimum Gasteiger partial charge on any atom is -0.337 e. The van der Waals surface area contributed by atoms with Crippen LogP contribution in [0.1, 0.15) is 10.4 Å². The third-order valence-electron chi connectivity index (χ3n) is 3.69. The van der Waals surface area contributed by atoms with Crippen molar-refractivity contribution in [2.45, 2.75) is 6.54 Å². The molecule has 1 heterocycles. The first-order valence-electron chi connectivity index (χ1n) is 7.26. The van der Waals surface area contributed by atoms with Crippen LogP contribution in [0.5, 0.6) is 0 Å². The number of para-hydroxylation sites is 1. The van der Waals surface area contributed by atoms with Crippen LogP contribution in [-0.4, -0.2) is 21.7 Å². The van der Waals surface area contributed by atoms with Gasteiger partial charge in [0, 0.05) is 34.4 Å². The largest absolute Gasteiger partial charge is 0.337 e. The maximum atomic E-state index is 13.3. The fourth-order valence-corrected chi connectivity index (χ4v) is 2.59. The van der Waals surface area contributed by atoms with Gasteiger partial charge in [-0.25, -0.2) is 0 Å². The Morgan fingerprint density at radius 2 is 2.04 bits per heavy atom. The Kier molecular flexibility index (Phi) is 4.25. The highest BCUT2D eigenvalue weighted by Gasteiger charge is 2.16. The van der Waals surface area contributed by atoms with Crippen molar-refractivity contribution in [3.8, 4) is 0 Å². The highest BCUT2D eigenvalue weighted by atomic mass is 19.1. The molecule has 3 aromatic rings. The van der Waals surface area contributed by atoms with E-state index in [1.807, 2.05) is 0 Å². The zero-order chi connectivity index (χ0) is 18.0. The lowest BCUT2D eigenvalue weighted by Gasteiger charge is -2.07. The minimum atomic E-state index is -0.977. The number of carbonyl (C=O) groups excluding carboxylic acids is 2. The molecule has 0 aliphatic carbocycles. The monoisotopic (exact) mass is 341 g/mol. The number of fused-ring (bicyclic) bond motifs is 1. The van der Waals surface area contributed by atoms with Gasteiger partial charge in [0.25, 0.3) is 0 Å². The number of amides is 1. The summed E-state index contributed by atoms with van der Waals surface area (Å²) < 4.78 is 14.9. The molecule has 7 nitrogen and oxygen atoms in total. The number of aldehydes is 1. The van der Waals surface area contributed by atoms with Crippen molar-refractivity contribution in [3.63, 3.8) is 0 Å². The Morgan fingerprint density at radius 3 is 2.76 bits per heavy atom. The molecule has 0 atom stereocenters. The lowest BCUT2D eigenvalue weighted by molar-refractivity contribution is -0.387. The van der Waals surface area contributed by atoms with Crippen molar-refractivity contribution in [2.24, 2.45) is 0 Å². The van der Waals surface area contributed by atoms with Crippen LogP contribution in [0.3, 0.4) is 0 Å². The van der Waals surface area contributed by atoms with Crippen molar-refractivity contribution >= 4 is 34.5 Å². The number of halogens is 1. The topological polar surface area (TPSA) is 94.2 Å². The van der Waals surface area contributed by atoms with Gasteiger partial charge in [0.2, 0.25) is 11.7 Å². The second-order valence-corrected chi connectivity index (χ2v) is 5.32. The predicted octanol–water partition coefficient (Wildman–Crippen LogP) is 3.14. The summed E-state index contributed by atoms with van der Waals surface area (Å²) in [5.74, 6) is -1.44. The summed E-state index contributed by atoms with van der Waals surface area (Å²) in [6.45, 7) is -0.0977. The van der Waals surface area contributed by atoms with Gasteiger partial charge in [-0.1, -0.05) is 18.2 Å². The molecule has 2 aromatic carbocycles. The first-order chi connectivity index (χ1) is 12.0. The molecule has 0 fully saturated rings. The molecular formula is C17H12FN3O4. The van der Waals surface area contributed by atoms with E-state index in [9.17, 15) is 24.1 Å². The molecule has 0 radical (unpaired) electrons. The van der Waals surface area contributed by atoms with E-state index < -0.39 is 22.3 Å². The van der Waals surface area contributed by atoms with Crippen LogP contribution in [0.25, 0.3) is 10.9 Å². The molecule has 1 aromatic heterocycles. The number of hydrogen-bond donors (Lipinski definition) is 1. The van der Waals surface area contributed by atoms with Gasteiger partial charge in [-0.15, -0.1) is 0 Å². The molecule has 8 heteroatoms. The normalized spacial score (nSPS) is 10.6. The number of nitrogens with zero attached hydrogens (tertiary/aromatic N) is 2. The number of anilines is 1. The number of aromatic nitrogens is 1. The maximum absolute atomic E-state index is 13.3. The van der Waals surface area contributed by atoms with E-state index in [1.54, 1.807) is 35.0 Å². The fourth-order valence-electron chi connectivity index (χ4n) is 2.59. The number of carbonyl (C=O) groups is 2. The molecule has 0 saturated heterocycles. The Morgan fingerprint density at radius 1 is 1.28 bits per heavy atom. The Hall–Kier alpha value is -3.55. The molecule has 1 amide bonds. The predicted molar refractivity (Wildman–Crippen MR) is 89.0 cm³/mol. The fraction of sp³-hybridized carbons (Fsp3) is 0.0588. The summed E-state index contributed by atoms with van der Waals surface area (Å²) in [5, 5.41) is 14.0. The molecule has 0 saturated carbocycles. The quantitative estimate of drug-likeness (QED) is 0.438. The second kappa shape index (κ2) is 6.52. The van der Waals surface area contributed by atoms with Gasteiger partial charge in [-0.3, -0.25) is 19.7 Å². The van der Waals surface area contributed by atoms with E-state index in [0.29, 0.717) is 17.4 Å². The van der Waals surface area contributed by atoms with E-state index in [2.05, 4.69) is 5.32 Å². The molecule has 1 N–H and O–H groups in total. The summed E-state index contributed by atoms with van der Waals surface area (Å²) >= 11 is 0. The van der Waals surface area contributed by atoms with E-state index in [4.69, 9.17) is 0 Å². The van der Waals surface area contributed by atoms with E-state index in [1.165, 1.54) is 6.07 Å².